The molecule has 0 spiro atoms. The van der Waals surface area contributed by atoms with Gasteiger partial charge in [0.1, 0.15) is 0 Å². The fourth-order valence-electron chi connectivity index (χ4n) is 3.47. The van der Waals surface area contributed by atoms with Crippen molar-refractivity contribution in [3.63, 3.8) is 0 Å². The molecule has 0 radical (unpaired) electrons. The maximum Gasteiger partial charge on any atom is 0.0968 e. The first kappa shape index (κ1) is 20.5. The molecule has 5 heteroatoms. The van der Waals surface area contributed by atoms with E-state index in [4.69, 9.17) is 38.9 Å². The Hall–Kier alpha value is -2.72. The molecule has 0 aliphatic heterocycles. The van der Waals surface area contributed by atoms with E-state index in [2.05, 4.69) is 12.1 Å². The van der Waals surface area contributed by atoms with Crippen molar-refractivity contribution in [1.82, 2.24) is 9.97 Å². The van der Waals surface area contributed by atoms with Gasteiger partial charge in [0.25, 0.3) is 0 Å². The van der Waals surface area contributed by atoms with E-state index in [9.17, 15) is 0 Å². The SMILES string of the molecule is NCC(Cc1cnc(-c2ccc(Cl)cc2)c(-c2ccc(Cl)cc2)n1)c1ccccc1. The van der Waals surface area contributed by atoms with Gasteiger partial charge in [-0.2, -0.15) is 0 Å². The first-order chi connectivity index (χ1) is 14.6. The molecule has 150 valence electrons. The summed E-state index contributed by atoms with van der Waals surface area (Å²) in [7, 11) is 0. The minimum Gasteiger partial charge on any atom is -0.330 e. The second-order valence-corrected chi connectivity index (χ2v) is 7.99. The van der Waals surface area contributed by atoms with Crippen molar-refractivity contribution in [3.05, 3.63) is 106 Å². The van der Waals surface area contributed by atoms with Gasteiger partial charge in [0.15, 0.2) is 0 Å². The van der Waals surface area contributed by atoms with Crippen LogP contribution in [-0.2, 0) is 6.42 Å². The monoisotopic (exact) mass is 433 g/mol. The number of benzene rings is 3. The molecule has 3 aromatic carbocycles. The summed E-state index contributed by atoms with van der Waals surface area (Å²) < 4.78 is 0. The lowest BCUT2D eigenvalue weighted by molar-refractivity contribution is 0.680. The lowest BCUT2D eigenvalue weighted by atomic mass is 9.94. The Bertz CT molecular complexity index is 1110. The number of hydrogen-bond acceptors (Lipinski definition) is 3. The van der Waals surface area contributed by atoms with Crippen LogP contribution in [0.2, 0.25) is 10.0 Å². The third-order valence-corrected chi connectivity index (χ3v) is 5.57. The van der Waals surface area contributed by atoms with Crippen LogP contribution in [0.5, 0.6) is 0 Å². The summed E-state index contributed by atoms with van der Waals surface area (Å²) in [5, 5.41) is 1.37. The van der Waals surface area contributed by atoms with Gasteiger partial charge in [-0.15, -0.1) is 0 Å². The Kier molecular flexibility index (Phi) is 6.44. The van der Waals surface area contributed by atoms with Gasteiger partial charge in [-0.3, -0.25) is 4.98 Å². The van der Waals surface area contributed by atoms with Crippen LogP contribution in [0.1, 0.15) is 17.2 Å². The molecule has 3 nitrogen and oxygen atoms in total. The van der Waals surface area contributed by atoms with Crippen LogP contribution in [0.3, 0.4) is 0 Å². The van der Waals surface area contributed by atoms with Gasteiger partial charge in [-0.05, 0) is 42.8 Å². The van der Waals surface area contributed by atoms with Gasteiger partial charge in [0, 0.05) is 33.3 Å². The van der Waals surface area contributed by atoms with E-state index < -0.39 is 0 Å². The Morgan fingerprint density at radius 2 is 1.30 bits per heavy atom. The normalized spacial score (nSPS) is 12.0. The van der Waals surface area contributed by atoms with Crippen molar-refractivity contribution in [2.75, 3.05) is 6.54 Å². The van der Waals surface area contributed by atoms with Crippen LogP contribution < -0.4 is 5.73 Å². The maximum atomic E-state index is 6.10. The van der Waals surface area contributed by atoms with E-state index in [1.165, 1.54) is 5.56 Å². The first-order valence-electron chi connectivity index (χ1n) is 9.77. The third-order valence-electron chi connectivity index (χ3n) is 5.07. The molecule has 1 unspecified atom stereocenters. The summed E-state index contributed by atoms with van der Waals surface area (Å²) >= 11 is 12.2. The molecule has 0 aliphatic carbocycles. The molecule has 0 aliphatic rings. The number of nitrogens with zero attached hydrogens (tertiary/aromatic N) is 2. The molecule has 0 fully saturated rings. The van der Waals surface area contributed by atoms with Crippen LogP contribution in [-0.4, -0.2) is 16.5 Å². The third kappa shape index (κ3) is 4.71. The summed E-state index contributed by atoms with van der Waals surface area (Å²) in [6.07, 6.45) is 2.56. The van der Waals surface area contributed by atoms with E-state index in [1.54, 1.807) is 0 Å². The molecule has 2 N–H and O–H groups in total. The van der Waals surface area contributed by atoms with Crippen molar-refractivity contribution in [3.8, 4) is 22.5 Å². The van der Waals surface area contributed by atoms with Crippen molar-refractivity contribution < 1.29 is 0 Å². The summed E-state index contributed by atoms with van der Waals surface area (Å²) in [5.41, 5.74) is 11.7. The molecule has 0 saturated carbocycles. The van der Waals surface area contributed by atoms with E-state index in [1.807, 2.05) is 72.9 Å². The molecule has 4 rings (SSSR count). The number of rotatable bonds is 6. The molecule has 0 amide bonds. The molecular formula is C25H21Cl2N3. The van der Waals surface area contributed by atoms with Gasteiger partial charge in [0.2, 0.25) is 0 Å². The standard InChI is InChI=1S/C25H21Cl2N3/c26-21-10-6-18(7-11-21)24-25(19-8-12-22(27)13-9-19)30-23(16-29-24)14-20(15-28)17-4-2-1-3-5-17/h1-13,16,20H,14-15,28H2. The van der Waals surface area contributed by atoms with E-state index in [-0.39, 0.29) is 5.92 Å². The molecule has 4 aromatic rings. The fourth-order valence-corrected chi connectivity index (χ4v) is 3.72. The minimum absolute atomic E-state index is 0.181. The number of aromatic nitrogens is 2. The highest BCUT2D eigenvalue weighted by Gasteiger charge is 2.16. The van der Waals surface area contributed by atoms with Crippen molar-refractivity contribution in [1.29, 1.82) is 0 Å². The molecule has 1 atom stereocenters. The molecular weight excluding hydrogens is 413 g/mol. The summed E-state index contributed by atoms with van der Waals surface area (Å²) in [4.78, 5) is 9.77. The highest BCUT2D eigenvalue weighted by molar-refractivity contribution is 6.31. The highest BCUT2D eigenvalue weighted by Crippen LogP contribution is 2.31. The second kappa shape index (κ2) is 9.40. The van der Waals surface area contributed by atoms with E-state index in [0.717, 1.165) is 34.6 Å². The average molecular weight is 434 g/mol. The second-order valence-electron chi connectivity index (χ2n) is 7.12. The zero-order valence-corrected chi connectivity index (χ0v) is 17.8. The fraction of sp³-hybridized carbons (Fsp3) is 0.120. The smallest absolute Gasteiger partial charge is 0.0968 e. The highest BCUT2D eigenvalue weighted by atomic mass is 35.5. The largest absolute Gasteiger partial charge is 0.330 e. The Morgan fingerprint density at radius 3 is 1.87 bits per heavy atom. The molecule has 0 saturated heterocycles. The van der Waals surface area contributed by atoms with Crippen molar-refractivity contribution >= 4 is 23.2 Å². The molecule has 1 aromatic heterocycles. The number of halogens is 2. The maximum absolute atomic E-state index is 6.10. The molecule has 30 heavy (non-hydrogen) atoms. The van der Waals surface area contributed by atoms with Gasteiger partial charge < -0.3 is 5.73 Å². The predicted octanol–water partition coefficient (Wildman–Crippen LogP) is 6.40. The lowest BCUT2D eigenvalue weighted by Crippen LogP contribution is -2.16. The van der Waals surface area contributed by atoms with Gasteiger partial charge >= 0.3 is 0 Å². The van der Waals surface area contributed by atoms with Crippen LogP contribution in [0, 0.1) is 0 Å². The van der Waals surface area contributed by atoms with E-state index >= 15 is 0 Å². The Balaban J connectivity index is 1.75. The van der Waals surface area contributed by atoms with Crippen molar-refractivity contribution in [2.24, 2.45) is 5.73 Å². The molecule has 0 bridgehead atoms. The summed E-state index contributed by atoms with van der Waals surface area (Å²) in [5.74, 6) is 0.181. The van der Waals surface area contributed by atoms with Crippen LogP contribution >= 0.6 is 23.2 Å². The van der Waals surface area contributed by atoms with Gasteiger partial charge in [0.05, 0.1) is 17.1 Å². The first-order valence-corrected chi connectivity index (χ1v) is 10.5. The lowest BCUT2D eigenvalue weighted by Gasteiger charge is -2.16. The predicted molar refractivity (Wildman–Crippen MR) is 125 cm³/mol. The minimum atomic E-state index is 0.181. The summed E-state index contributed by atoms with van der Waals surface area (Å²) in [6, 6.07) is 25.6. The number of nitrogens with two attached hydrogens (primary N) is 1. The Labute approximate surface area is 186 Å². The quantitative estimate of drug-likeness (QED) is 0.382. The van der Waals surface area contributed by atoms with E-state index in [0.29, 0.717) is 16.6 Å². The topological polar surface area (TPSA) is 51.8 Å². The zero-order chi connectivity index (χ0) is 20.9. The average Bonchev–Trinajstić information content (AvgIpc) is 2.79. The van der Waals surface area contributed by atoms with Gasteiger partial charge in [-0.25, -0.2) is 4.98 Å². The Morgan fingerprint density at radius 1 is 0.733 bits per heavy atom. The van der Waals surface area contributed by atoms with Crippen LogP contribution in [0.4, 0.5) is 0 Å². The van der Waals surface area contributed by atoms with Crippen molar-refractivity contribution in [2.45, 2.75) is 12.3 Å². The zero-order valence-electron chi connectivity index (χ0n) is 16.3. The van der Waals surface area contributed by atoms with Crippen LogP contribution in [0.25, 0.3) is 22.5 Å². The van der Waals surface area contributed by atoms with Crippen LogP contribution in [0.15, 0.2) is 85.1 Å². The number of hydrogen-bond donors (Lipinski definition) is 1. The molecule has 1 heterocycles. The summed E-state index contributed by atoms with van der Waals surface area (Å²) in [6.45, 7) is 0.543. The van der Waals surface area contributed by atoms with Gasteiger partial charge in [-0.1, -0.05) is 77.8 Å².